The van der Waals surface area contributed by atoms with Crippen LogP contribution in [0.5, 0.6) is 0 Å². The highest BCUT2D eigenvalue weighted by molar-refractivity contribution is 7.16. The summed E-state index contributed by atoms with van der Waals surface area (Å²) in [5, 5.41) is 0. The van der Waals surface area contributed by atoms with Gasteiger partial charge in [0.05, 0.1) is 0 Å². The first-order valence-electron chi connectivity index (χ1n) is 7.07. The highest BCUT2D eigenvalue weighted by Gasteiger charge is 2.34. The standard InChI is InChI=1S/C15H29P/c1-4-7-12(3)15-13(5-2)8-6-9-14(15)10-11-16/h5,12-15H,2,4,6-11,16H2,1,3H3. The van der Waals surface area contributed by atoms with Crippen LogP contribution in [0.2, 0.25) is 0 Å². The molecule has 0 nitrogen and oxygen atoms in total. The monoisotopic (exact) mass is 240 g/mol. The highest BCUT2D eigenvalue weighted by Crippen LogP contribution is 2.43. The van der Waals surface area contributed by atoms with E-state index in [-0.39, 0.29) is 0 Å². The first-order valence-corrected chi connectivity index (χ1v) is 7.88. The molecule has 0 saturated heterocycles. The van der Waals surface area contributed by atoms with Crippen LogP contribution in [0.15, 0.2) is 12.7 Å². The minimum Gasteiger partial charge on any atom is -0.138 e. The van der Waals surface area contributed by atoms with Gasteiger partial charge in [0.15, 0.2) is 0 Å². The van der Waals surface area contributed by atoms with Crippen LogP contribution < -0.4 is 0 Å². The lowest BCUT2D eigenvalue weighted by Crippen LogP contribution is -2.32. The minimum atomic E-state index is 0.789. The maximum absolute atomic E-state index is 4.07. The van der Waals surface area contributed by atoms with Crippen LogP contribution in [0.25, 0.3) is 0 Å². The summed E-state index contributed by atoms with van der Waals surface area (Å²) in [6, 6.07) is 0. The zero-order valence-corrected chi connectivity index (χ0v) is 12.3. The molecule has 0 aromatic rings. The van der Waals surface area contributed by atoms with Gasteiger partial charge in [0.1, 0.15) is 0 Å². The molecule has 5 atom stereocenters. The van der Waals surface area contributed by atoms with E-state index in [9.17, 15) is 0 Å². The Kier molecular flexibility index (Phi) is 6.66. The van der Waals surface area contributed by atoms with Gasteiger partial charge in [-0.15, -0.1) is 15.8 Å². The molecule has 1 saturated carbocycles. The Bertz CT molecular complexity index is 198. The molecule has 1 rings (SSSR count). The fourth-order valence-corrected chi connectivity index (χ4v) is 4.14. The summed E-state index contributed by atoms with van der Waals surface area (Å²) in [4.78, 5) is 0. The molecule has 16 heavy (non-hydrogen) atoms. The predicted octanol–water partition coefficient (Wildman–Crippen LogP) is 4.91. The van der Waals surface area contributed by atoms with E-state index in [4.69, 9.17) is 0 Å². The third kappa shape index (κ3) is 3.59. The Morgan fingerprint density at radius 1 is 1.44 bits per heavy atom. The number of rotatable bonds is 6. The van der Waals surface area contributed by atoms with E-state index in [1.807, 2.05) is 0 Å². The fraction of sp³-hybridized carbons (Fsp3) is 0.867. The third-order valence-electron chi connectivity index (χ3n) is 4.39. The van der Waals surface area contributed by atoms with Crippen molar-refractivity contribution < 1.29 is 0 Å². The first-order chi connectivity index (χ1) is 7.74. The predicted molar refractivity (Wildman–Crippen MR) is 77.8 cm³/mol. The molecule has 1 heteroatoms. The van der Waals surface area contributed by atoms with Crippen LogP contribution in [0, 0.1) is 23.7 Å². The van der Waals surface area contributed by atoms with Crippen molar-refractivity contribution in [1.82, 2.24) is 0 Å². The number of allylic oxidation sites excluding steroid dienone is 1. The van der Waals surface area contributed by atoms with Gasteiger partial charge in [-0.25, -0.2) is 0 Å². The average Bonchev–Trinajstić information content (AvgIpc) is 2.29. The fourth-order valence-electron chi connectivity index (χ4n) is 3.71. The lowest BCUT2D eigenvalue weighted by Gasteiger charge is -2.41. The van der Waals surface area contributed by atoms with Crippen molar-refractivity contribution in [3.05, 3.63) is 12.7 Å². The molecule has 94 valence electrons. The molecule has 5 unspecified atom stereocenters. The second-order valence-electron chi connectivity index (χ2n) is 5.51. The van der Waals surface area contributed by atoms with Crippen molar-refractivity contribution in [2.24, 2.45) is 23.7 Å². The number of hydrogen-bond acceptors (Lipinski definition) is 0. The SMILES string of the molecule is C=CC1CCCC(CCP)C1C(C)CCC. The highest BCUT2D eigenvalue weighted by atomic mass is 31.0. The number of hydrogen-bond donors (Lipinski definition) is 0. The molecular weight excluding hydrogens is 211 g/mol. The average molecular weight is 240 g/mol. The Labute approximate surface area is 104 Å². The van der Waals surface area contributed by atoms with Crippen molar-refractivity contribution >= 4 is 9.24 Å². The summed E-state index contributed by atoms with van der Waals surface area (Å²) in [6.45, 7) is 8.84. The van der Waals surface area contributed by atoms with Gasteiger partial charge in [0.2, 0.25) is 0 Å². The molecular formula is C15H29P. The van der Waals surface area contributed by atoms with Crippen LogP contribution in [-0.2, 0) is 0 Å². The Hall–Kier alpha value is 0.170. The molecule has 0 bridgehead atoms. The molecule has 0 aliphatic heterocycles. The lowest BCUT2D eigenvalue weighted by atomic mass is 9.65. The van der Waals surface area contributed by atoms with E-state index in [1.54, 1.807) is 0 Å². The summed E-state index contributed by atoms with van der Waals surface area (Å²) in [6.07, 6.45) is 11.9. The molecule has 1 fully saturated rings. The van der Waals surface area contributed by atoms with Gasteiger partial charge in [-0.05, 0) is 42.7 Å². The molecule has 1 aliphatic rings. The quantitative estimate of drug-likeness (QED) is 0.457. The van der Waals surface area contributed by atoms with Crippen LogP contribution in [0.4, 0.5) is 0 Å². The molecule has 0 amide bonds. The van der Waals surface area contributed by atoms with Crippen LogP contribution in [-0.4, -0.2) is 6.16 Å². The van der Waals surface area contributed by atoms with Crippen LogP contribution in [0.3, 0.4) is 0 Å². The minimum absolute atomic E-state index is 0.789. The maximum Gasteiger partial charge on any atom is -0.0203 e. The molecule has 0 spiro atoms. The molecule has 0 N–H and O–H groups in total. The van der Waals surface area contributed by atoms with E-state index in [1.165, 1.54) is 44.7 Å². The van der Waals surface area contributed by atoms with Gasteiger partial charge >= 0.3 is 0 Å². The van der Waals surface area contributed by atoms with Crippen molar-refractivity contribution in [2.75, 3.05) is 6.16 Å². The van der Waals surface area contributed by atoms with Gasteiger partial charge in [-0.3, -0.25) is 0 Å². The second kappa shape index (κ2) is 7.49. The Balaban J connectivity index is 2.69. The van der Waals surface area contributed by atoms with Crippen LogP contribution >= 0.6 is 9.24 Å². The lowest BCUT2D eigenvalue weighted by molar-refractivity contribution is 0.117. The van der Waals surface area contributed by atoms with Crippen molar-refractivity contribution in [2.45, 2.75) is 52.4 Å². The molecule has 0 heterocycles. The zero-order chi connectivity index (χ0) is 12.0. The largest absolute Gasteiger partial charge is 0.138 e. The zero-order valence-electron chi connectivity index (χ0n) is 11.1. The van der Waals surface area contributed by atoms with E-state index in [2.05, 4.69) is 35.7 Å². The summed E-state index contributed by atoms with van der Waals surface area (Å²) in [5.41, 5.74) is 0. The van der Waals surface area contributed by atoms with Gasteiger partial charge in [-0.2, -0.15) is 0 Å². The third-order valence-corrected chi connectivity index (χ3v) is 4.73. The second-order valence-corrected chi connectivity index (χ2v) is 6.09. The van der Waals surface area contributed by atoms with Crippen LogP contribution in [0.1, 0.15) is 52.4 Å². The molecule has 0 aromatic carbocycles. The maximum atomic E-state index is 4.07. The van der Waals surface area contributed by atoms with Crippen molar-refractivity contribution in [3.63, 3.8) is 0 Å². The van der Waals surface area contributed by atoms with E-state index in [0.29, 0.717) is 0 Å². The Morgan fingerprint density at radius 3 is 2.75 bits per heavy atom. The summed E-state index contributed by atoms with van der Waals surface area (Å²) in [7, 11) is 2.90. The van der Waals surface area contributed by atoms with E-state index >= 15 is 0 Å². The molecule has 1 aliphatic carbocycles. The van der Waals surface area contributed by atoms with Gasteiger partial charge in [0.25, 0.3) is 0 Å². The van der Waals surface area contributed by atoms with Crippen molar-refractivity contribution in [1.29, 1.82) is 0 Å². The Morgan fingerprint density at radius 2 is 2.19 bits per heavy atom. The summed E-state index contributed by atoms with van der Waals surface area (Å²) < 4.78 is 0. The van der Waals surface area contributed by atoms with E-state index in [0.717, 1.165) is 23.7 Å². The summed E-state index contributed by atoms with van der Waals surface area (Å²) >= 11 is 0. The van der Waals surface area contributed by atoms with Gasteiger partial charge < -0.3 is 0 Å². The molecule has 0 radical (unpaired) electrons. The van der Waals surface area contributed by atoms with Gasteiger partial charge in [0, 0.05) is 0 Å². The summed E-state index contributed by atoms with van der Waals surface area (Å²) in [5.74, 6) is 3.54. The molecule has 0 aromatic heterocycles. The van der Waals surface area contributed by atoms with Gasteiger partial charge in [-0.1, -0.05) is 45.6 Å². The normalized spacial score (nSPS) is 32.3. The smallest absolute Gasteiger partial charge is 0.0203 e. The van der Waals surface area contributed by atoms with Crippen molar-refractivity contribution in [3.8, 4) is 0 Å². The first kappa shape index (κ1) is 14.2. The topological polar surface area (TPSA) is 0 Å². The van der Waals surface area contributed by atoms with E-state index < -0.39 is 0 Å².